The van der Waals surface area contributed by atoms with Crippen molar-refractivity contribution in [1.82, 2.24) is 15.1 Å². The van der Waals surface area contributed by atoms with Crippen LogP contribution in [0.15, 0.2) is 65.5 Å². The van der Waals surface area contributed by atoms with Gasteiger partial charge in [0, 0.05) is 18.3 Å². The van der Waals surface area contributed by atoms with Crippen LogP contribution in [0, 0.1) is 0 Å². The lowest BCUT2D eigenvalue weighted by molar-refractivity contribution is 0.430. The minimum absolute atomic E-state index is 0.192. The zero-order chi connectivity index (χ0) is 14.5. The molecule has 0 bridgehead atoms. The van der Waals surface area contributed by atoms with Gasteiger partial charge in [0.05, 0.1) is 25.0 Å². The van der Waals surface area contributed by atoms with Gasteiger partial charge in [0.25, 0.3) is 0 Å². The largest absolute Gasteiger partial charge is 0.468 e. The number of benzene rings is 1. The van der Waals surface area contributed by atoms with Gasteiger partial charge in [-0.25, -0.2) is 0 Å². The molecule has 0 fully saturated rings. The number of aromatic nitrogens is 2. The fourth-order valence-corrected chi connectivity index (χ4v) is 2.26. The predicted molar refractivity (Wildman–Crippen MR) is 81.7 cm³/mol. The van der Waals surface area contributed by atoms with Gasteiger partial charge in [-0.2, -0.15) is 5.10 Å². The number of furan rings is 1. The van der Waals surface area contributed by atoms with E-state index in [0.29, 0.717) is 0 Å². The lowest BCUT2D eigenvalue weighted by Gasteiger charge is -2.09. The molecule has 1 aromatic carbocycles. The van der Waals surface area contributed by atoms with Crippen LogP contribution < -0.4 is 5.32 Å². The molecule has 0 aliphatic carbocycles. The molecule has 0 saturated carbocycles. The monoisotopic (exact) mass is 281 g/mol. The first kappa shape index (κ1) is 13.6. The zero-order valence-corrected chi connectivity index (χ0v) is 12.1. The van der Waals surface area contributed by atoms with E-state index in [1.807, 2.05) is 41.2 Å². The van der Waals surface area contributed by atoms with Gasteiger partial charge in [-0.05, 0) is 24.6 Å². The van der Waals surface area contributed by atoms with Crippen LogP contribution in [0.4, 0.5) is 0 Å². The Labute approximate surface area is 124 Å². The van der Waals surface area contributed by atoms with Gasteiger partial charge in [-0.3, -0.25) is 4.68 Å². The van der Waals surface area contributed by atoms with Gasteiger partial charge in [0.15, 0.2) is 0 Å². The van der Waals surface area contributed by atoms with Crippen LogP contribution >= 0.6 is 0 Å². The van der Waals surface area contributed by atoms with Crippen molar-refractivity contribution in [1.29, 1.82) is 0 Å². The Morgan fingerprint density at radius 1 is 1.14 bits per heavy atom. The van der Waals surface area contributed by atoms with Gasteiger partial charge >= 0.3 is 0 Å². The maximum Gasteiger partial charge on any atom is 0.120 e. The fourth-order valence-electron chi connectivity index (χ4n) is 2.26. The van der Waals surface area contributed by atoms with Crippen molar-refractivity contribution in [2.75, 3.05) is 0 Å². The highest BCUT2D eigenvalue weighted by Gasteiger charge is 2.08. The number of nitrogens with one attached hydrogen (secondary N) is 1. The molecule has 0 amide bonds. The summed E-state index contributed by atoms with van der Waals surface area (Å²) in [5.74, 6) is 0.951. The summed E-state index contributed by atoms with van der Waals surface area (Å²) in [7, 11) is 0. The Bertz CT molecular complexity index is 658. The molecule has 21 heavy (non-hydrogen) atoms. The minimum atomic E-state index is 0.192. The van der Waals surface area contributed by atoms with Crippen LogP contribution in [0.5, 0.6) is 0 Å². The second kappa shape index (κ2) is 6.41. The summed E-state index contributed by atoms with van der Waals surface area (Å²) in [6, 6.07) is 14.4. The summed E-state index contributed by atoms with van der Waals surface area (Å²) in [5, 5.41) is 7.84. The summed E-state index contributed by atoms with van der Waals surface area (Å²) >= 11 is 0. The van der Waals surface area contributed by atoms with Gasteiger partial charge in [-0.1, -0.05) is 30.3 Å². The molecule has 4 heteroatoms. The summed E-state index contributed by atoms with van der Waals surface area (Å²) in [4.78, 5) is 0. The van der Waals surface area contributed by atoms with Crippen molar-refractivity contribution in [3.63, 3.8) is 0 Å². The normalized spacial score (nSPS) is 12.4. The summed E-state index contributed by atoms with van der Waals surface area (Å²) in [6.45, 7) is 3.67. The average molecular weight is 281 g/mol. The summed E-state index contributed by atoms with van der Waals surface area (Å²) in [6.07, 6.45) is 5.69. The van der Waals surface area contributed by atoms with E-state index in [-0.39, 0.29) is 6.04 Å². The molecule has 0 radical (unpaired) electrons. The maximum absolute atomic E-state index is 5.38. The van der Waals surface area contributed by atoms with Crippen molar-refractivity contribution in [3.8, 4) is 0 Å². The topological polar surface area (TPSA) is 43.0 Å². The molecular formula is C17H19N3O. The Kier molecular flexibility index (Phi) is 4.17. The number of hydrogen-bond acceptors (Lipinski definition) is 3. The van der Waals surface area contributed by atoms with Crippen molar-refractivity contribution in [3.05, 3.63) is 78.0 Å². The highest BCUT2D eigenvalue weighted by atomic mass is 16.3. The van der Waals surface area contributed by atoms with Gasteiger partial charge in [-0.15, -0.1) is 0 Å². The molecule has 0 saturated heterocycles. The Hall–Kier alpha value is -2.33. The molecule has 1 atom stereocenters. The van der Waals surface area contributed by atoms with E-state index in [4.69, 9.17) is 4.42 Å². The third kappa shape index (κ3) is 3.61. The van der Waals surface area contributed by atoms with Crippen LogP contribution in [0.25, 0.3) is 0 Å². The van der Waals surface area contributed by atoms with E-state index >= 15 is 0 Å². The van der Waals surface area contributed by atoms with E-state index in [1.54, 1.807) is 6.26 Å². The summed E-state index contributed by atoms with van der Waals surface area (Å²) < 4.78 is 7.35. The van der Waals surface area contributed by atoms with Crippen molar-refractivity contribution < 1.29 is 4.42 Å². The molecule has 0 aliphatic heterocycles. The minimum Gasteiger partial charge on any atom is -0.468 e. The molecule has 108 valence electrons. The summed E-state index contributed by atoms with van der Waals surface area (Å²) in [5.41, 5.74) is 2.42. The van der Waals surface area contributed by atoms with Gasteiger partial charge in [0.1, 0.15) is 5.76 Å². The average Bonchev–Trinajstić information content (AvgIpc) is 3.17. The van der Waals surface area contributed by atoms with E-state index in [1.165, 1.54) is 11.1 Å². The molecule has 4 nitrogen and oxygen atoms in total. The number of hydrogen-bond donors (Lipinski definition) is 1. The van der Waals surface area contributed by atoms with Crippen LogP contribution in [-0.2, 0) is 13.1 Å². The van der Waals surface area contributed by atoms with E-state index in [2.05, 4.69) is 35.7 Å². The van der Waals surface area contributed by atoms with E-state index in [9.17, 15) is 0 Å². The molecule has 1 N–H and O–H groups in total. The van der Waals surface area contributed by atoms with Crippen LogP contribution in [0.1, 0.15) is 29.9 Å². The first-order valence-electron chi connectivity index (χ1n) is 7.13. The molecule has 2 aromatic heterocycles. The van der Waals surface area contributed by atoms with Crippen molar-refractivity contribution in [2.45, 2.75) is 26.1 Å². The standard InChI is InChI=1S/C17H19N3O/c1-14(17-8-5-9-21-17)18-10-16-11-19-20(13-16)12-15-6-3-2-4-7-15/h2-9,11,13-14,18H,10,12H2,1H3/t14-/m0/s1. The molecular weight excluding hydrogens is 262 g/mol. The molecule has 3 aromatic rings. The van der Waals surface area contributed by atoms with Crippen molar-refractivity contribution in [2.24, 2.45) is 0 Å². The lowest BCUT2D eigenvalue weighted by atomic mass is 10.2. The Morgan fingerprint density at radius 3 is 2.76 bits per heavy atom. The highest BCUT2D eigenvalue weighted by Crippen LogP contribution is 2.13. The number of rotatable bonds is 6. The first-order chi connectivity index (χ1) is 10.3. The molecule has 0 unspecified atom stereocenters. The third-order valence-electron chi connectivity index (χ3n) is 3.46. The van der Waals surface area contributed by atoms with Crippen LogP contribution in [0.2, 0.25) is 0 Å². The quantitative estimate of drug-likeness (QED) is 0.753. The second-order valence-electron chi connectivity index (χ2n) is 5.15. The molecule has 3 rings (SSSR count). The van der Waals surface area contributed by atoms with E-state index < -0.39 is 0 Å². The van der Waals surface area contributed by atoms with Crippen LogP contribution in [0.3, 0.4) is 0 Å². The van der Waals surface area contributed by atoms with Crippen LogP contribution in [-0.4, -0.2) is 9.78 Å². The van der Waals surface area contributed by atoms with Gasteiger partial charge < -0.3 is 9.73 Å². The maximum atomic E-state index is 5.38. The zero-order valence-electron chi connectivity index (χ0n) is 12.1. The lowest BCUT2D eigenvalue weighted by Crippen LogP contribution is -2.17. The van der Waals surface area contributed by atoms with E-state index in [0.717, 1.165) is 18.8 Å². The Balaban J connectivity index is 1.55. The first-order valence-corrected chi connectivity index (χ1v) is 7.13. The number of nitrogens with zero attached hydrogens (tertiary/aromatic N) is 2. The second-order valence-corrected chi connectivity index (χ2v) is 5.15. The molecule has 2 heterocycles. The molecule has 0 aliphatic rings. The highest BCUT2D eigenvalue weighted by molar-refractivity contribution is 5.15. The SMILES string of the molecule is C[C@H](NCc1cnn(Cc2ccccc2)c1)c1ccco1. The predicted octanol–water partition coefficient (Wildman–Crippen LogP) is 3.38. The third-order valence-corrected chi connectivity index (χ3v) is 3.46. The van der Waals surface area contributed by atoms with Crippen molar-refractivity contribution >= 4 is 0 Å². The smallest absolute Gasteiger partial charge is 0.120 e. The van der Waals surface area contributed by atoms with Gasteiger partial charge in [0.2, 0.25) is 0 Å². The fraction of sp³-hybridized carbons (Fsp3) is 0.235. The molecule has 0 spiro atoms. The Morgan fingerprint density at radius 2 is 2.00 bits per heavy atom.